The van der Waals surface area contributed by atoms with Crippen LogP contribution in [0.25, 0.3) is 0 Å². The van der Waals surface area contributed by atoms with Crippen LogP contribution in [0.4, 0.5) is 0 Å². The third-order valence-electron chi connectivity index (χ3n) is 4.82. The number of likely N-dealkylation sites (tertiary alicyclic amines) is 1. The molecule has 0 bridgehead atoms. The minimum atomic E-state index is -3.74. The van der Waals surface area contributed by atoms with Crippen molar-refractivity contribution in [3.8, 4) is 0 Å². The fourth-order valence-electron chi connectivity index (χ4n) is 3.31. The molecule has 0 spiro atoms. The first-order valence-electron chi connectivity index (χ1n) is 8.72. The highest BCUT2D eigenvalue weighted by Gasteiger charge is 2.44. The van der Waals surface area contributed by atoms with Gasteiger partial charge in [0.05, 0.1) is 17.4 Å². The van der Waals surface area contributed by atoms with Crippen LogP contribution in [0, 0.1) is 0 Å². The van der Waals surface area contributed by atoms with Crippen LogP contribution in [0.1, 0.15) is 19.3 Å². The predicted octanol–water partition coefficient (Wildman–Crippen LogP) is -0.533. The van der Waals surface area contributed by atoms with Gasteiger partial charge in [0.1, 0.15) is 18.3 Å². The van der Waals surface area contributed by atoms with Gasteiger partial charge in [-0.05, 0) is 25.0 Å². The number of nitrogens with one attached hydrogen (secondary N) is 1. The zero-order chi connectivity index (χ0) is 18.7. The predicted molar refractivity (Wildman–Crippen MR) is 92.7 cm³/mol. The van der Waals surface area contributed by atoms with Crippen LogP contribution in [0.5, 0.6) is 0 Å². The second-order valence-corrected chi connectivity index (χ2v) is 8.42. The smallest absolute Gasteiger partial charge is 0.240 e. The molecule has 2 heterocycles. The van der Waals surface area contributed by atoms with Gasteiger partial charge < -0.3 is 19.8 Å². The SMILES string of the molecule is O=C(C[C@@H]1O[C@H](CNS(=O)(=O)c2ccccc2)[C@@H](O)[C@H]1O)N1CCCC1. The van der Waals surface area contributed by atoms with E-state index in [-0.39, 0.29) is 23.8 Å². The lowest BCUT2D eigenvalue weighted by Gasteiger charge is -2.19. The first-order chi connectivity index (χ1) is 12.4. The van der Waals surface area contributed by atoms with E-state index < -0.39 is 34.4 Å². The zero-order valence-electron chi connectivity index (χ0n) is 14.3. The summed E-state index contributed by atoms with van der Waals surface area (Å²) in [5.74, 6) is -0.121. The summed E-state index contributed by atoms with van der Waals surface area (Å²) >= 11 is 0. The molecule has 1 aromatic carbocycles. The minimum Gasteiger partial charge on any atom is -0.388 e. The first kappa shape index (κ1) is 19.2. The number of aliphatic hydroxyl groups is 2. The van der Waals surface area contributed by atoms with Gasteiger partial charge in [0, 0.05) is 19.6 Å². The van der Waals surface area contributed by atoms with E-state index in [4.69, 9.17) is 4.74 Å². The highest BCUT2D eigenvalue weighted by Crippen LogP contribution is 2.25. The maximum atomic E-state index is 12.2. The van der Waals surface area contributed by atoms with Gasteiger partial charge in [-0.25, -0.2) is 13.1 Å². The van der Waals surface area contributed by atoms with Gasteiger partial charge in [0.2, 0.25) is 15.9 Å². The van der Waals surface area contributed by atoms with Gasteiger partial charge in [0.15, 0.2) is 0 Å². The standard InChI is InChI=1S/C17H24N2O6S/c20-15(19-8-4-5-9-19)10-13-16(21)17(22)14(25-13)11-18-26(23,24)12-6-2-1-3-7-12/h1-3,6-7,13-14,16-18,21-22H,4-5,8-11H2/t13-,14+,16-,17+/m0/s1. The number of aliphatic hydroxyl groups excluding tert-OH is 2. The Kier molecular flexibility index (Phi) is 5.93. The summed E-state index contributed by atoms with van der Waals surface area (Å²) < 4.78 is 32.4. The molecular formula is C17H24N2O6S. The molecule has 144 valence electrons. The summed E-state index contributed by atoms with van der Waals surface area (Å²) in [6, 6.07) is 7.85. The molecule has 2 aliphatic heterocycles. The largest absolute Gasteiger partial charge is 0.388 e. The number of benzene rings is 1. The Labute approximate surface area is 152 Å². The highest BCUT2D eigenvalue weighted by atomic mass is 32.2. The Bertz CT molecular complexity index is 720. The van der Waals surface area contributed by atoms with Crippen molar-refractivity contribution in [3.05, 3.63) is 30.3 Å². The van der Waals surface area contributed by atoms with Gasteiger partial charge in [-0.15, -0.1) is 0 Å². The number of hydrogen-bond acceptors (Lipinski definition) is 6. The number of rotatable bonds is 6. The van der Waals surface area contributed by atoms with Crippen molar-refractivity contribution in [2.75, 3.05) is 19.6 Å². The normalized spacial score (nSPS) is 29.2. The van der Waals surface area contributed by atoms with Crippen molar-refractivity contribution in [1.29, 1.82) is 0 Å². The summed E-state index contributed by atoms with van der Waals surface area (Å²) in [7, 11) is -3.74. The molecule has 1 aromatic rings. The van der Waals surface area contributed by atoms with Gasteiger partial charge in [0.25, 0.3) is 0 Å². The van der Waals surface area contributed by atoms with Crippen molar-refractivity contribution in [1.82, 2.24) is 9.62 Å². The molecule has 0 unspecified atom stereocenters. The quantitative estimate of drug-likeness (QED) is 0.607. The summed E-state index contributed by atoms with van der Waals surface area (Å²) in [5.41, 5.74) is 0. The summed E-state index contributed by atoms with van der Waals surface area (Å²) in [4.78, 5) is 14.0. The molecular weight excluding hydrogens is 360 g/mol. The summed E-state index contributed by atoms with van der Waals surface area (Å²) in [6.45, 7) is 1.21. The monoisotopic (exact) mass is 384 g/mol. The molecule has 26 heavy (non-hydrogen) atoms. The van der Waals surface area contributed by atoms with Crippen LogP contribution in [-0.2, 0) is 19.6 Å². The van der Waals surface area contributed by atoms with Crippen molar-refractivity contribution in [2.45, 2.75) is 48.6 Å². The summed E-state index contributed by atoms with van der Waals surface area (Å²) in [6.07, 6.45) is -2.35. The first-order valence-corrected chi connectivity index (χ1v) is 10.2. The van der Waals surface area contributed by atoms with E-state index in [9.17, 15) is 23.4 Å². The number of nitrogens with zero attached hydrogens (tertiary/aromatic N) is 1. The minimum absolute atomic E-state index is 0.0276. The second-order valence-electron chi connectivity index (χ2n) is 6.65. The maximum Gasteiger partial charge on any atom is 0.240 e. The lowest BCUT2D eigenvalue weighted by Crippen LogP contribution is -2.40. The lowest BCUT2D eigenvalue weighted by molar-refractivity contribution is -0.134. The van der Waals surface area contributed by atoms with Gasteiger partial charge in [-0.1, -0.05) is 18.2 Å². The van der Waals surface area contributed by atoms with Crippen molar-refractivity contribution < 1.29 is 28.2 Å². The topological polar surface area (TPSA) is 116 Å². The maximum absolute atomic E-state index is 12.2. The van der Waals surface area contributed by atoms with Crippen LogP contribution in [-0.4, -0.2) is 73.5 Å². The Morgan fingerprint density at radius 1 is 1.12 bits per heavy atom. The van der Waals surface area contributed by atoms with Crippen LogP contribution >= 0.6 is 0 Å². The average Bonchev–Trinajstić information content (AvgIpc) is 3.26. The number of carbonyl (C=O) groups is 1. The molecule has 3 N–H and O–H groups in total. The molecule has 8 nitrogen and oxygen atoms in total. The summed E-state index contributed by atoms with van der Waals surface area (Å²) in [5, 5.41) is 20.3. The Morgan fingerprint density at radius 2 is 1.73 bits per heavy atom. The number of carbonyl (C=O) groups excluding carboxylic acids is 1. The van der Waals surface area contributed by atoms with E-state index in [0.717, 1.165) is 12.8 Å². The van der Waals surface area contributed by atoms with Crippen LogP contribution < -0.4 is 4.72 Å². The third kappa shape index (κ3) is 4.24. The highest BCUT2D eigenvalue weighted by molar-refractivity contribution is 7.89. The van der Waals surface area contributed by atoms with Gasteiger partial charge >= 0.3 is 0 Å². The molecule has 0 aromatic heterocycles. The average molecular weight is 384 g/mol. The van der Waals surface area contributed by atoms with E-state index in [1.165, 1.54) is 12.1 Å². The van der Waals surface area contributed by atoms with E-state index in [0.29, 0.717) is 13.1 Å². The fraction of sp³-hybridized carbons (Fsp3) is 0.588. The number of sulfonamides is 1. The van der Waals surface area contributed by atoms with E-state index in [1.54, 1.807) is 23.1 Å². The van der Waals surface area contributed by atoms with Gasteiger partial charge in [-0.2, -0.15) is 0 Å². The second kappa shape index (κ2) is 8.01. The van der Waals surface area contributed by atoms with E-state index in [1.807, 2.05) is 0 Å². The zero-order valence-corrected chi connectivity index (χ0v) is 15.1. The molecule has 2 aliphatic rings. The van der Waals surface area contributed by atoms with Crippen molar-refractivity contribution in [2.24, 2.45) is 0 Å². The van der Waals surface area contributed by atoms with Crippen LogP contribution in [0.2, 0.25) is 0 Å². The molecule has 2 saturated heterocycles. The molecule has 1 amide bonds. The molecule has 0 saturated carbocycles. The van der Waals surface area contributed by atoms with Crippen LogP contribution in [0.3, 0.4) is 0 Å². The molecule has 3 rings (SSSR count). The Morgan fingerprint density at radius 3 is 2.38 bits per heavy atom. The third-order valence-corrected chi connectivity index (χ3v) is 6.26. The number of hydrogen-bond donors (Lipinski definition) is 3. The van der Waals surface area contributed by atoms with Gasteiger partial charge in [-0.3, -0.25) is 4.79 Å². The molecule has 2 fully saturated rings. The molecule has 4 atom stereocenters. The number of ether oxygens (including phenoxy) is 1. The van der Waals surface area contributed by atoms with Crippen molar-refractivity contribution in [3.63, 3.8) is 0 Å². The molecule has 9 heteroatoms. The Hall–Kier alpha value is -1.52. The Balaban J connectivity index is 1.56. The molecule has 0 aliphatic carbocycles. The molecule has 0 radical (unpaired) electrons. The van der Waals surface area contributed by atoms with Crippen LogP contribution in [0.15, 0.2) is 35.2 Å². The fourth-order valence-corrected chi connectivity index (χ4v) is 4.37. The van der Waals surface area contributed by atoms with E-state index in [2.05, 4.69) is 4.72 Å². The van der Waals surface area contributed by atoms with Crippen molar-refractivity contribution >= 4 is 15.9 Å². The lowest BCUT2D eigenvalue weighted by atomic mass is 10.1. The number of amides is 1. The van der Waals surface area contributed by atoms with E-state index >= 15 is 0 Å².